The average molecular weight is 198 g/mol. The summed E-state index contributed by atoms with van der Waals surface area (Å²) in [5.41, 5.74) is -0.194. The van der Waals surface area contributed by atoms with Gasteiger partial charge in [0.25, 0.3) is 0 Å². The van der Waals surface area contributed by atoms with Crippen LogP contribution in [0.3, 0.4) is 0 Å². The Kier molecular flexibility index (Phi) is 6.40. The summed E-state index contributed by atoms with van der Waals surface area (Å²) in [4.78, 5) is 0. The molecule has 0 fully saturated rings. The fourth-order valence-electron chi connectivity index (χ4n) is 1.24. The van der Waals surface area contributed by atoms with Crippen LogP contribution in [0.25, 0.3) is 0 Å². The van der Waals surface area contributed by atoms with Gasteiger partial charge in [0.1, 0.15) is 12.2 Å². The van der Waals surface area contributed by atoms with Crippen LogP contribution in [0.1, 0.15) is 53.4 Å². The summed E-state index contributed by atoms with van der Waals surface area (Å²) in [6, 6.07) is 0. The third-order valence-electron chi connectivity index (χ3n) is 1.79. The van der Waals surface area contributed by atoms with Crippen LogP contribution in [0, 0.1) is 12.0 Å². The molecule has 1 N–H and O–H groups in total. The van der Waals surface area contributed by atoms with Crippen molar-refractivity contribution in [2.24, 2.45) is 0 Å². The monoisotopic (exact) mass is 198 g/mol. The van der Waals surface area contributed by atoms with Gasteiger partial charge in [0.2, 0.25) is 0 Å². The minimum absolute atomic E-state index is 0.133. The van der Waals surface area contributed by atoms with E-state index in [0.29, 0.717) is 0 Å². The lowest BCUT2D eigenvalue weighted by Crippen LogP contribution is -2.26. The Morgan fingerprint density at radius 3 is 2.36 bits per heavy atom. The maximum atomic E-state index is 8.55. The third-order valence-corrected chi connectivity index (χ3v) is 1.79. The maximum absolute atomic E-state index is 8.55. The van der Waals surface area contributed by atoms with Crippen LogP contribution in [0.15, 0.2) is 0 Å². The van der Waals surface area contributed by atoms with Crippen molar-refractivity contribution in [1.29, 1.82) is 0 Å². The van der Waals surface area contributed by atoms with E-state index in [9.17, 15) is 0 Å². The van der Waals surface area contributed by atoms with Crippen molar-refractivity contribution in [2.45, 2.75) is 65.1 Å². The largest absolute Gasteiger partial charge is 0.462 e. The van der Waals surface area contributed by atoms with Gasteiger partial charge in [-0.25, -0.2) is 0 Å². The fraction of sp³-hybridized carbons (Fsp3) is 0.833. The van der Waals surface area contributed by atoms with Crippen molar-refractivity contribution in [2.75, 3.05) is 0 Å². The van der Waals surface area contributed by atoms with Gasteiger partial charge in [-0.15, -0.1) is 0 Å². The van der Waals surface area contributed by atoms with Crippen LogP contribution in [-0.4, -0.2) is 16.8 Å². The quantitative estimate of drug-likeness (QED) is 0.543. The highest BCUT2D eigenvalue weighted by Crippen LogP contribution is 2.15. The van der Waals surface area contributed by atoms with E-state index in [2.05, 4.69) is 12.8 Å². The lowest BCUT2D eigenvalue weighted by molar-refractivity contribution is -0.0376. The zero-order valence-corrected chi connectivity index (χ0v) is 9.76. The zero-order valence-electron chi connectivity index (χ0n) is 9.76. The molecule has 2 nitrogen and oxygen atoms in total. The SMILES string of the molecule is CCCCC[C@@H](C#CO)OC(C)(C)C. The maximum Gasteiger partial charge on any atom is 0.122 e. The molecule has 0 unspecified atom stereocenters. The molecule has 0 aliphatic rings. The Bertz CT molecular complexity index is 193. The predicted molar refractivity (Wildman–Crippen MR) is 58.5 cm³/mol. The summed E-state index contributed by atoms with van der Waals surface area (Å²) in [5.74, 6) is 2.68. The highest BCUT2D eigenvalue weighted by Gasteiger charge is 2.16. The molecular formula is C12H22O2. The lowest BCUT2D eigenvalue weighted by Gasteiger charge is -2.24. The van der Waals surface area contributed by atoms with Crippen molar-refractivity contribution >= 4 is 0 Å². The van der Waals surface area contributed by atoms with Crippen LogP contribution in [-0.2, 0) is 4.74 Å². The molecule has 0 bridgehead atoms. The second-order valence-electron chi connectivity index (χ2n) is 4.47. The summed E-state index contributed by atoms with van der Waals surface area (Å²) in [6.07, 6.45) is 6.19. The second-order valence-corrected chi connectivity index (χ2v) is 4.47. The number of rotatable bonds is 5. The number of hydrogen-bond donors (Lipinski definition) is 1. The molecule has 0 rings (SSSR count). The topological polar surface area (TPSA) is 29.5 Å². The van der Waals surface area contributed by atoms with Gasteiger partial charge in [-0.2, -0.15) is 0 Å². The Morgan fingerprint density at radius 2 is 1.93 bits per heavy atom. The van der Waals surface area contributed by atoms with Gasteiger partial charge in [0.15, 0.2) is 0 Å². The Morgan fingerprint density at radius 1 is 1.29 bits per heavy atom. The van der Waals surface area contributed by atoms with Gasteiger partial charge in [0.05, 0.1) is 5.60 Å². The van der Waals surface area contributed by atoms with E-state index in [1.54, 1.807) is 0 Å². The first-order chi connectivity index (χ1) is 6.49. The minimum Gasteiger partial charge on any atom is -0.462 e. The normalized spacial score (nSPS) is 13.1. The van der Waals surface area contributed by atoms with E-state index in [4.69, 9.17) is 9.84 Å². The van der Waals surface area contributed by atoms with Crippen molar-refractivity contribution in [3.8, 4) is 12.0 Å². The number of unbranched alkanes of at least 4 members (excludes halogenated alkanes) is 2. The van der Waals surface area contributed by atoms with Crippen LogP contribution in [0.2, 0.25) is 0 Å². The number of ether oxygens (including phenoxy) is 1. The van der Waals surface area contributed by atoms with Crippen LogP contribution >= 0.6 is 0 Å². The van der Waals surface area contributed by atoms with E-state index < -0.39 is 0 Å². The minimum atomic E-state index is -0.194. The molecule has 0 amide bonds. The first-order valence-corrected chi connectivity index (χ1v) is 5.32. The number of aliphatic hydroxyl groups excluding tert-OH is 1. The van der Waals surface area contributed by atoms with Gasteiger partial charge in [-0.1, -0.05) is 19.8 Å². The van der Waals surface area contributed by atoms with Crippen molar-refractivity contribution < 1.29 is 9.84 Å². The molecule has 0 radical (unpaired) electrons. The number of hydrogen-bond acceptors (Lipinski definition) is 2. The molecule has 2 heteroatoms. The molecule has 0 spiro atoms. The van der Waals surface area contributed by atoms with Crippen molar-refractivity contribution in [3.05, 3.63) is 0 Å². The molecule has 0 aromatic carbocycles. The van der Waals surface area contributed by atoms with Crippen LogP contribution in [0.5, 0.6) is 0 Å². The van der Waals surface area contributed by atoms with E-state index in [1.807, 2.05) is 26.9 Å². The van der Waals surface area contributed by atoms with Crippen LogP contribution < -0.4 is 0 Å². The summed E-state index contributed by atoms with van der Waals surface area (Å²) in [7, 11) is 0. The van der Waals surface area contributed by atoms with Crippen molar-refractivity contribution in [1.82, 2.24) is 0 Å². The first-order valence-electron chi connectivity index (χ1n) is 5.32. The average Bonchev–Trinajstić information content (AvgIpc) is 2.02. The smallest absolute Gasteiger partial charge is 0.122 e. The lowest BCUT2D eigenvalue weighted by atomic mass is 10.1. The summed E-state index contributed by atoms with van der Waals surface area (Å²) < 4.78 is 5.69. The van der Waals surface area contributed by atoms with Gasteiger partial charge >= 0.3 is 0 Å². The number of aliphatic hydroxyl groups is 1. The third kappa shape index (κ3) is 7.94. The van der Waals surface area contributed by atoms with Gasteiger partial charge in [-0.05, 0) is 39.5 Å². The predicted octanol–water partition coefficient (Wildman–Crippen LogP) is 3.08. The first kappa shape index (κ1) is 13.3. The summed E-state index contributed by atoms with van der Waals surface area (Å²) >= 11 is 0. The van der Waals surface area contributed by atoms with Gasteiger partial charge in [0, 0.05) is 0 Å². The Balaban J connectivity index is 3.95. The molecule has 0 heterocycles. The molecule has 82 valence electrons. The molecule has 0 saturated carbocycles. The standard InChI is InChI=1S/C12H22O2/c1-5-6-7-8-11(9-10-13)14-12(2,3)4/h11,13H,5-8H2,1-4H3/t11-/m0/s1. The highest BCUT2D eigenvalue weighted by atomic mass is 16.5. The molecule has 0 aromatic rings. The second kappa shape index (κ2) is 6.73. The van der Waals surface area contributed by atoms with Crippen molar-refractivity contribution in [3.63, 3.8) is 0 Å². The fourth-order valence-corrected chi connectivity index (χ4v) is 1.24. The molecule has 0 aromatic heterocycles. The molecule has 1 atom stereocenters. The van der Waals surface area contributed by atoms with Crippen LogP contribution in [0.4, 0.5) is 0 Å². The highest BCUT2D eigenvalue weighted by molar-refractivity contribution is 4.99. The molecule has 0 aliphatic heterocycles. The summed E-state index contributed by atoms with van der Waals surface area (Å²) in [5, 5.41) is 8.55. The van der Waals surface area contributed by atoms with Gasteiger partial charge in [-0.3, -0.25) is 0 Å². The molecule has 0 saturated heterocycles. The summed E-state index contributed by atoms with van der Waals surface area (Å²) in [6.45, 7) is 8.16. The Hall–Kier alpha value is -0.680. The molecule has 0 aliphatic carbocycles. The Labute approximate surface area is 87.7 Å². The van der Waals surface area contributed by atoms with E-state index in [0.717, 1.165) is 12.8 Å². The van der Waals surface area contributed by atoms with E-state index in [-0.39, 0.29) is 11.7 Å². The molecular weight excluding hydrogens is 176 g/mol. The van der Waals surface area contributed by atoms with E-state index in [1.165, 1.54) is 12.8 Å². The molecule has 14 heavy (non-hydrogen) atoms. The van der Waals surface area contributed by atoms with Gasteiger partial charge < -0.3 is 9.84 Å². The van der Waals surface area contributed by atoms with E-state index >= 15 is 0 Å². The zero-order chi connectivity index (χ0) is 11.0.